The topological polar surface area (TPSA) is 78.9 Å². The van der Waals surface area contributed by atoms with Gasteiger partial charge >= 0.3 is 0 Å². The smallest absolute Gasteiger partial charge is 0.255 e. The number of hydrogen-bond acceptors (Lipinski definition) is 4. The Morgan fingerprint density at radius 3 is 2.17 bits per heavy atom. The predicted octanol–water partition coefficient (Wildman–Crippen LogP) is 6.23. The van der Waals surface area contributed by atoms with Gasteiger partial charge in [0.2, 0.25) is 14.3 Å². The Balaban J connectivity index is 1.37. The molecule has 218 valence electrons. The van der Waals surface area contributed by atoms with Gasteiger partial charge in [0.05, 0.1) is 25.2 Å². The second-order valence-electron chi connectivity index (χ2n) is 11.4. The molecule has 2 N–H and O–H groups in total. The monoisotopic (exact) mass is 576 g/mol. The first kappa shape index (κ1) is 30.6. The quantitative estimate of drug-likeness (QED) is 0.198. The number of nitrogens with one attached hydrogen (secondary N) is 1. The maximum Gasteiger partial charge on any atom is 0.255 e. The number of amides is 2. The summed E-state index contributed by atoms with van der Waals surface area (Å²) in [5.41, 5.74) is 3.11. The number of rotatable bonds is 12. The van der Waals surface area contributed by atoms with Crippen LogP contribution in [0.4, 0.5) is 9.80 Å². The number of aliphatic hydroxyl groups excluding tert-OH is 1. The number of anilines is 1. The van der Waals surface area contributed by atoms with E-state index in [2.05, 4.69) is 5.32 Å². The van der Waals surface area contributed by atoms with Crippen LogP contribution in [0.2, 0.25) is 18.6 Å². The standard InChI is InChI=1S/C33H41FN2O4Si/c1-24-29(19-16-25-14-17-28(18-15-25)35-33(39)27-12-8-5-9-13-27)40-30(32(24)41(2,3)34)22-31(38)36(20-21-37)23-26-10-6-4-7-11-26/h4-15,17-18,24,29-30,32,37H,16,19-23H2,1-3H3,(H,35,39)/t24-,29+,30-,32+/m1/s1. The third kappa shape index (κ3) is 8.35. The number of nitrogens with zero attached hydrogens (tertiary/aromatic N) is 1. The van der Waals surface area contributed by atoms with Crippen LogP contribution >= 0.6 is 0 Å². The van der Waals surface area contributed by atoms with E-state index < -0.39 is 14.5 Å². The summed E-state index contributed by atoms with van der Waals surface area (Å²) in [6.45, 7) is 5.94. The van der Waals surface area contributed by atoms with E-state index in [0.29, 0.717) is 18.5 Å². The summed E-state index contributed by atoms with van der Waals surface area (Å²) < 4.78 is 22.0. The van der Waals surface area contributed by atoms with Crippen molar-refractivity contribution in [3.05, 3.63) is 102 Å². The zero-order valence-corrected chi connectivity index (χ0v) is 25.1. The molecule has 8 heteroatoms. The van der Waals surface area contributed by atoms with Crippen molar-refractivity contribution in [3.8, 4) is 0 Å². The first-order chi connectivity index (χ1) is 19.7. The summed E-state index contributed by atoms with van der Waals surface area (Å²) in [7, 11) is -3.13. The average molecular weight is 577 g/mol. The highest BCUT2D eigenvalue weighted by molar-refractivity contribution is 6.72. The van der Waals surface area contributed by atoms with Gasteiger partial charge in [0, 0.05) is 29.9 Å². The lowest BCUT2D eigenvalue weighted by atomic mass is 9.95. The largest absolute Gasteiger partial charge is 0.395 e. The first-order valence-electron chi connectivity index (χ1n) is 14.4. The molecule has 1 aliphatic rings. The van der Waals surface area contributed by atoms with E-state index in [-0.39, 0.29) is 48.9 Å². The summed E-state index contributed by atoms with van der Waals surface area (Å²) in [6.07, 6.45) is 0.926. The molecular formula is C33H41FN2O4Si. The van der Waals surface area contributed by atoms with Crippen molar-refractivity contribution >= 4 is 25.9 Å². The molecule has 1 aliphatic heterocycles. The number of carbonyl (C=O) groups excluding carboxylic acids is 2. The second kappa shape index (κ2) is 14.0. The number of aryl methyl sites for hydroxylation is 1. The van der Waals surface area contributed by atoms with Crippen LogP contribution in [0.1, 0.15) is 41.3 Å². The van der Waals surface area contributed by atoms with Crippen molar-refractivity contribution in [1.29, 1.82) is 0 Å². The van der Waals surface area contributed by atoms with Crippen molar-refractivity contribution in [2.45, 2.75) is 63.6 Å². The van der Waals surface area contributed by atoms with Gasteiger partial charge in [-0.1, -0.05) is 67.6 Å². The summed E-state index contributed by atoms with van der Waals surface area (Å²) in [5, 5.41) is 12.5. The van der Waals surface area contributed by atoms with E-state index in [1.807, 2.05) is 79.7 Å². The minimum absolute atomic E-state index is 0.00989. The van der Waals surface area contributed by atoms with E-state index in [1.165, 1.54) is 0 Å². The van der Waals surface area contributed by atoms with E-state index in [1.54, 1.807) is 30.1 Å². The molecule has 4 rings (SSSR count). The molecular weight excluding hydrogens is 535 g/mol. The fourth-order valence-corrected chi connectivity index (χ4v) is 8.50. The van der Waals surface area contributed by atoms with Gasteiger partial charge in [-0.15, -0.1) is 0 Å². The number of carbonyl (C=O) groups is 2. The van der Waals surface area contributed by atoms with Crippen LogP contribution in [0.25, 0.3) is 0 Å². The van der Waals surface area contributed by atoms with Gasteiger partial charge in [-0.3, -0.25) is 9.59 Å². The predicted molar refractivity (Wildman–Crippen MR) is 163 cm³/mol. The summed E-state index contributed by atoms with van der Waals surface area (Å²) >= 11 is 0. The van der Waals surface area contributed by atoms with Crippen molar-refractivity contribution in [2.24, 2.45) is 5.92 Å². The van der Waals surface area contributed by atoms with Crippen molar-refractivity contribution in [2.75, 3.05) is 18.5 Å². The van der Waals surface area contributed by atoms with Crippen LogP contribution in [0.5, 0.6) is 0 Å². The molecule has 0 radical (unpaired) electrons. The third-order valence-electron chi connectivity index (χ3n) is 7.98. The summed E-state index contributed by atoms with van der Waals surface area (Å²) in [6, 6.07) is 26.5. The third-order valence-corrected chi connectivity index (χ3v) is 10.5. The molecule has 0 saturated carbocycles. The van der Waals surface area contributed by atoms with Gasteiger partial charge in [0.25, 0.3) is 5.91 Å². The Kier molecular flexibility index (Phi) is 10.5. The molecule has 1 heterocycles. The highest BCUT2D eigenvalue weighted by Crippen LogP contribution is 2.47. The van der Waals surface area contributed by atoms with Gasteiger partial charge < -0.3 is 24.2 Å². The Morgan fingerprint density at radius 2 is 1.56 bits per heavy atom. The molecule has 41 heavy (non-hydrogen) atoms. The molecule has 1 fully saturated rings. The minimum atomic E-state index is -3.13. The Labute approximate surface area is 243 Å². The lowest BCUT2D eigenvalue weighted by molar-refractivity contribution is -0.135. The van der Waals surface area contributed by atoms with Gasteiger partial charge in [-0.05, 0) is 67.2 Å². The normalized spacial score (nSPS) is 20.5. The van der Waals surface area contributed by atoms with Crippen LogP contribution in [0, 0.1) is 5.92 Å². The summed E-state index contributed by atoms with van der Waals surface area (Å²) in [4.78, 5) is 27.4. The lowest BCUT2D eigenvalue weighted by Gasteiger charge is -2.30. The maximum atomic E-state index is 15.6. The van der Waals surface area contributed by atoms with E-state index in [4.69, 9.17) is 4.74 Å². The highest BCUT2D eigenvalue weighted by Gasteiger charge is 2.51. The van der Waals surface area contributed by atoms with Crippen LogP contribution in [0.15, 0.2) is 84.9 Å². The zero-order chi connectivity index (χ0) is 29.4. The number of aliphatic hydroxyl groups is 1. The van der Waals surface area contributed by atoms with Crippen molar-refractivity contribution in [3.63, 3.8) is 0 Å². The van der Waals surface area contributed by atoms with Crippen molar-refractivity contribution < 1.29 is 23.5 Å². The Hall–Kier alpha value is -3.33. The van der Waals surface area contributed by atoms with E-state index >= 15 is 4.11 Å². The SMILES string of the molecule is C[C@H]1[C@H]([Si](C)(C)F)[C@@H](CC(=O)N(CCO)Cc2ccccc2)O[C@H]1CCc1ccc(NC(=O)c2ccccc2)cc1. The maximum absolute atomic E-state index is 15.6. The fourth-order valence-electron chi connectivity index (χ4n) is 5.95. The number of halogens is 1. The fraction of sp³-hybridized carbons (Fsp3) is 0.394. The molecule has 3 aromatic carbocycles. The van der Waals surface area contributed by atoms with Crippen LogP contribution in [-0.4, -0.2) is 55.6 Å². The number of ether oxygens (including phenoxy) is 1. The molecule has 0 unspecified atom stereocenters. The molecule has 6 nitrogen and oxygen atoms in total. The first-order valence-corrected chi connectivity index (χ1v) is 17.3. The van der Waals surface area contributed by atoms with Gasteiger partial charge in [-0.2, -0.15) is 0 Å². The van der Waals surface area contributed by atoms with Gasteiger partial charge in [0.1, 0.15) is 0 Å². The Bertz CT molecular complexity index is 1270. The summed E-state index contributed by atoms with van der Waals surface area (Å²) in [5.74, 6) is -0.293. The molecule has 2 amide bonds. The van der Waals surface area contributed by atoms with Crippen LogP contribution in [-0.2, 0) is 22.5 Å². The molecule has 4 atom stereocenters. The Morgan fingerprint density at radius 1 is 0.927 bits per heavy atom. The molecule has 0 aromatic heterocycles. The van der Waals surface area contributed by atoms with Gasteiger partial charge in [-0.25, -0.2) is 0 Å². The number of hydrogen-bond donors (Lipinski definition) is 2. The van der Waals surface area contributed by atoms with E-state index in [9.17, 15) is 14.7 Å². The average Bonchev–Trinajstić information content (AvgIpc) is 3.28. The van der Waals surface area contributed by atoms with E-state index in [0.717, 1.165) is 23.2 Å². The highest BCUT2D eigenvalue weighted by atomic mass is 28.4. The molecule has 1 saturated heterocycles. The van der Waals surface area contributed by atoms with Gasteiger partial charge in [0.15, 0.2) is 0 Å². The minimum Gasteiger partial charge on any atom is -0.395 e. The molecule has 0 spiro atoms. The zero-order valence-electron chi connectivity index (χ0n) is 24.1. The second-order valence-corrected chi connectivity index (χ2v) is 15.2. The number of benzene rings is 3. The molecule has 3 aromatic rings. The van der Waals surface area contributed by atoms with Crippen molar-refractivity contribution in [1.82, 2.24) is 4.90 Å². The lowest BCUT2D eigenvalue weighted by Crippen LogP contribution is -2.40. The molecule has 0 bridgehead atoms. The van der Waals surface area contributed by atoms with Crippen LogP contribution < -0.4 is 5.32 Å². The molecule has 0 aliphatic carbocycles. The van der Waals surface area contributed by atoms with Crippen LogP contribution in [0.3, 0.4) is 0 Å².